The van der Waals surface area contributed by atoms with Crippen LogP contribution in [-0.4, -0.2) is 18.5 Å². The predicted molar refractivity (Wildman–Crippen MR) is 62.4 cm³/mol. The molecule has 0 aliphatic carbocycles. The molecule has 1 heteroatoms. The van der Waals surface area contributed by atoms with Gasteiger partial charge >= 0.3 is 0 Å². The molecular formula is C13H21N. The minimum absolute atomic E-state index is 1.12. The number of hydrogen-bond acceptors (Lipinski definition) is 1. The smallest absolute Gasteiger partial charge is 0.0233 e. The van der Waals surface area contributed by atoms with E-state index in [9.17, 15) is 0 Å². The van der Waals surface area contributed by atoms with Crippen LogP contribution in [0.15, 0.2) is 24.3 Å². The number of rotatable bonds is 0. The third kappa shape index (κ3) is 3.15. The average Bonchev–Trinajstić information content (AvgIpc) is 2.19. The molecule has 1 heterocycles. The van der Waals surface area contributed by atoms with E-state index < -0.39 is 0 Å². The van der Waals surface area contributed by atoms with Crippen LogP contribution in [0.4, 0.5) is 0 Å². The molecule has 0 bridgehead atoms. The van der Waals surface area contributed by atoms with Gasteiger partial charge in [0.2, 0.25) is 0 Å². The number of likely N-dealkylation sites (N-methyl/N-ethyl adjacent to an activating group) is 1. The molecule has 1 aliphatic rings. The first-order valence-electron chi connectivity index (χ1n) is 5.53. The first-order chi connectivity index (χ1) is 6.77. The summed E-state index contributed by atoms with van der Waals surface area (Å²) in [6, 6.07) is 8.72. The maximum Gasteiger partial charge on any atom is 0.0233 e. The standard InChI is InChI=1S/C10H13N.C3H8/c1-11-7-6-9-4-2-3-5-10(9)8-11;1-3-2/h2-5H,6-8H2,1H3;3H2,1-2H3. The maximum absolute atomic E-state index is 2.36. The third-order valence-corrected chi connectivity index (χ3v) is 2.32. The van der Waals surface area contributed by atoms with E-state index in [0.29, 0.717) is 0 Å². The quantitative estimate of drug-likeness (QED) is 0.609. The van der Waals surface area contributed by atoms with Crippen LogP contribution in [0.1, 0.15) is 31.4 Å². The van der Waals surface area contributed by atoms with Crippen molar-refractivity contribution in [1.29, 1.82) is 0 Å². The van der Waals surface area contributed by atoms with E-state index in [1.165, 1.54) is 30.5 Å². The Morgan fingerprint density at radius 2 is 1.71 bits per heavy atom. The van der Waals surface area contributed by atoms with E-state index in [1.54, 1.807) is 0 Å². The van der Waals surface area contributed by atoms with Gasteiger partial charge in [-0.25, -0.2) is 0 Å². The molecule has 78 valence electrons. The highest BCUT2D eigenvalue weighted by atomic mass is 15.1. The van der Waals surface area contributed by atoms with Crippen molar-refractivity contribution in [1.82, 2.24) is 4.90 Å². The van der Waals surface area contributed by atoms with Gasteiger partial charge in [0.1, 0.15) is 0 Å². The molecule has 2 rings (SSSR count). The first-order valence-corrected chi connectivity index (χ1v) is 5.53. The van der Waals surface area contributed by atoms with Crippen LogP contribution in [-0.2, 0) is 13.0 Å². The van der Waals surface area contributed by atoms with Crippen LogP contribution in [0, 0.1) is 0 Å². The molecule has 0 unspecified atom stereocenters. The lowest BCUT2D eigenvalue weighted by Crippen LogP contribution is -2.26. The second-order valence-corrected chi connectivity index (χ2v) is 3.96. The van der Waals surface area contributed by atoms with Gasteiger partial charge in [-0.3, -0.25) is 0 Å². The number of nitrogens with zero attached hydrogens (tertiary/aromatic N) is 1. The molecule has 0 saturated carbocycles. The summed E-state index contributed by atoms with van der Waals surface area (Å²) in [6.07, 6.45) is 2.46. The zero-order valence-corrected chi connectivity index (χ0v) is 9.59. The Hall–Kier alpha value is -0.820. The SMILES string of the molecule is CCC.CN1CCc2ccccc2C1. The van der Waals surface area contributed by atoms with E-state index >= 15 is 0 Å². The molecule has 0 spiro atoms. The van der Waals surface area contributed by atoms with Crippen molar-refractivity contribution in [3.05, 3.63) is 35.4 Å². The molecule has 0 N–H and O–H groups in total. The zero-order valence-electron chi connectivity index (χ0n) is 9.59. The van der Waals surface area contributed by atoms with Gasteiger partial charge < -0.3 is 4.90 Å². The fourth-order valence-electron chi connectivity index (χ4n) is 1.64. The minimum atomic E-state index is 1.12. The van der Waals surface area contributed by atoms with E-state index in [2.05, 4.69) is 50.1 Å². The summed E-state index contributed by atoms with van der Waals surface area (Å²) in [7, 11) is 2.18. The van der Waals surface area contributed by atoms with Crippen molar-refractivity contribution >= 4 is 0 Å². The van der Waals surface area contributed by atoms with Crippen molar-refractivity contribution in [2.45, 2.75) is 33.2 Å². The van der Waals surface area contributed by atoms with E-state index in [-0.39, 0.29) is 0 Å². The fourth-order valence-corrected chi connectivity index (χ4v) is 1.64. The molecule has 0 aromatic heterocycles. The summed E-state index contributed by atoms with van der Waals surface area (Å²) in [5.74, 6) is 0. The Morgan fingerprint density at radius 1 is 1.14 bits per heavy atom. The monoisotopic (exact) mass is 191 g/mol. The maximum atomic E-state index is 2.36. The Morgan fingerprint density at radius 3 is 2.36 bits per heavy atom. The lowest BCUT2D eigenvalue weighted by molar-refractivity contribution is 0.313. The predicted octanol–water partition coefficient (Wildman–Crippen LogP) is 3.09. The zero-order chi connectivity index (χ0) is 10.4. The Balaban J connectivity index is 0.000000293. The molecule has 14 heavy (non-hydrogen) atoms. The van der Waals surface area contributed by atoms with Crippen LogP contribution < -0.4 is 0 Å². The second-order valence-electron chi connectivity index (χ2n) is 3.96. The van der Waals surface area contributed by atoms with Gasteiger partial charge in [-0.15, -0.1) is 0 Å². The number of benzene rings is 1. The van der Waals surface area contributed by atoms with Crippen LogP contribution in [0.2, 0.25) is 0 Å². The molecule has 0 fully saturated rings. The molecule has 1 nitrogen and oxygen atoms in total. The third-order valence-electron chi connectivity index (χ3n) is 2.32. The van der Waals surface area contributed by atoms with Crippen molar-refractivity contribution in [3.63, 3.8) is 0 Å². The lowest BCUT2D eigenvalue weighted by atomic mass is 10.0. The second kappa shape index (κ2) is 5.82. The van der Waals surface area contributed by atoms with E-state index in [4.69, 9.17) is 0 Å². The topological polar surface area (TPSA) is 3.24 Å². The van der Waals surface area contributed by atoms with Crippen LogP contribution in [0.3, 0.4) is 0 Å². The normalized spacial score (nSPS) is 15.4. The molecule has 1 aromatic carbocycles. The van der Waals surface area contributed by atoms with Gasteiger partial charge in [0, 0.05) is 13.1 Å². The summed E-state index contributed by atoms with van der Waals surface area (Å²) in [6.45, 7) is 6.58. The molecule has 0 atom stereocenters. The molecule has 0 saturated heterocycles. The van der Waals surface area contributed by atoms with Gasteiger partial charge in [0.15, 0.2) is 0 Å². The van der Waals surface area contributed by atoms with Gasteiger partial charge in [-0.05, 0) is 24.6 Å². The highest BCUT2D eigenvalue weighted by molar-refractivity contribution is 5.28. The van der Waals surface area contributed by atoms with Crippen molar-refractivity contribution < 1.29 is 0 Å². The Labute approximate surface area is 87.7 Å². The molecule has 0 radical (unpaired) electrons. The Kier molecular flexibility index (Phi) is 4.68. The highest BCUT2D eigenvalue weighted by Crippen LogP contribution is 2.16. The fraction of sp³-hybridized carbons (Fsp3) is 0.538. The Bertz CT molecular complexity index is 268. The summed E-state index contributed by atoms with van der Waals surface area (Å²) in [4.78, 5) is 2.36. The molecule has 1 aliphatic heterocycles. The largest absolute Gasteiger partial charge is 0.302 e. The summed E-state index contributed by atoms with van der Waals surface area (Å²) in [5.41, 5.74) is 3.03. The van der Waals surface area contributed by atoms with Crippen LogP contribution in [0.25, 0.3) is 0 Å². The molecule has 1 aromatic rings. The van der Waals surface area contributed by atoms with Crippen molar-refractivity contribution in [2.75, 3.05) is 13.6 Å². The number of fused-ring (bicyclic) bond motifs is 1. The van der Waals surface area contributed by atoms with Gasteiger partial charge in [-0.1, -0.05) is 44.5 Å². The molecule has 0 amide bonds. The molecular weight excluding hydrogens is 170 g/mol. The van der Waals surface area contributed by atoms with Crippen molar-refractivity contribution in [3.8, 4) is 0 Å². The highest BCUT2D eigenvalue weighted by Gasteiger charge is 2.10. The van der Waals surface area contributed by atoms with Crippen LogP contribution >= 0.6 is 0 Å². The van der Waals surface area contributed by atoms with Gasteiger partial charge in [-0.2, -0.15) is 0 Å². The van der Waals surface area contributed by atoms with E-state index in [1.807, 2.05) is 0 Å². The summed E-state index contributed by atoms with van der Waals surface area (Å²) >= 11 is 0. The summed E-state index contributed by atoms with van der Waals surface area (Å²) in [5, 5.41) is 0. The number of hydrogen-bond donors (Lipinski definition) is 0. The average molecular weight is 191 g/mol. The summed E-state index contributed by atoms with van der Waals surface area (Å²) < 4.78 is 0. The van der Waals surface area contributed by atoms with Gasteiger partial charge in [0.05, 0.1) is 0 Å². The minimum Gasteiger partial charge on any atom is -0.302 e. The van der Waals surface area contributed by atoms with Gasteiger partial charge in [0.25, 0.3) is 0 Å². The first kappa shape index (κ1) is 11.3. The lowest BCUT2D eigenvalue weighted by Gasteiger charge is -2.24. The van der Waals surface area contributed by atoms with Crippen LogP contribution in [0.5, 0.6) is 0 Å². The van der Waals surface area contributed by atoms with Crippen molar-refractivity contribution in [2.24, 2.45) is 0 Å². The van der Waals surface area contributed by atoms with E-state index in [0.717, 1.165) is 6.54 Å².